The smallest absolute Gasteiger partial charge is 0.416 e. The van der Waals surface area contributed by atoms with E-state index in [9.17, 15) is 22.8 Å². The Morgan fingerprint density at radius 2 is 1.89 bits per heavy atom. The SMILES string of the molecule is CC1(C)NC(=O)OC12CCN(C(=O)NCc1ccccc1C(F)(F)F)CC2. The number of ether oxygens (including phenoxy) is 1. The summed E-state index contributed by atoms with van der Waals surface area (Å²) in [6.45, 7) is 4.25. The van der Waals surface area contributed by atoms with Crippen molar-refractivity contribution in [3.05, 3.63) is 35.4 Å². The monoisotopic (exact) mass is 385 g/mol. The van der Waals surface area contributed by atoms with E-state index in [2.05, 4.69) is 10.6 Å². The van der Waals surface area contributed by atoms with Crippen molar-refractivity contribution in [3.8, 4) is 0 Å². The Balaban J connectivity index is 1.59. The number of alkyl carbamates (subject to hydrolysis) is 1. The summed E-state index contributed by atoms with van der Waals surface area (Å²) >= 11 is 0. The number of likely N-dealkylation sites (tertiary alicyclic amines) is 1. The van der Waals surface area contributed by atoms with Crippen LogP contribution in [0.4, 0.5) is 22.8 Å². The van der Waals surface area contributed by atoms with Crippen LogP contribution in [-0.2, 0) is 17.5 Å². The van der Waals surface area contributed by atoms with E-state index in [-0.39, 0.29) is 12.1 Å². The molecule has 2 saturated heterocycles. The molecule has 2 aliphatic heterocycles. The number of rotatable bonds is 2. The van der Waals surface area contributed by atoms with Crippen LogP contribution in [0.3, 0.4) is 0 Å². The number of hydrogen-bond acceptors (Lipinski definition) is 3. The van der Waals surface area contributed by atoms with Crippen molar-refractivity contribution < 1.29 is 27.5 Å². The number of urea groups is 1. The van der Waals surface area contributed by atoms with Gasteiger partial charge in [-0.25, -0.2) is 9.59 Å². The fourth-order valence-electron chi connectivity index (χ4n) is 3.73. The highest BCUT2D eigenvalue weighted by atomic mass is 19.4. The third kappa shape index (κ3) is 3.68. The van der Waals surface area contributed by atoms with Crippen molar-refractivity contribution >= 4 is 12.1 Å². The van der Waals surface area contributed by atoms with Crippen molar-refractivity contribution in [3.63, 3.8) is 0 Å². The van der Waals surface area contributed by atoms with Crippen LogP contribution < -0.4 is 10.6 Å². The molecule has 6 nitrogen and oxygen atoms in total. The summed E-state index contributed by atoms with van der Waals surface area (Å²) in [5, 5.41) is 5.33. The summed E-state index contributed by atoms with van der Waals surface area (Å²) in [6.07, 6.45) is -4.01. The molecule has 0 aliphatic carbocycles. The minimum absolute atomic E-state index is 0.0156. The number of piperidine rings is 1. The lowest BCUT2D eigenvalue weighted by Gasteiger charge is -2.44. The number of alkyl halides is 3. The predicted molar refractivity (Wildman–Crippen MR) is 90.9 cm³/mol. The molecule has 0 aromatic heterocycles. The standard InChI is InChI=1S/C18H22F3N3O3/c1-16(2)17(27-15(26)23-16)7-9-24(10-8-17)14(25)22-11-12-5-3-4-6-13(12)18(19,20)21/h3-6H,7-11H2,1-2H3,(H,22,25)(H,23,26). The number of amides is 3. The van der Waals surface area contributed by atoms with Gasteiger partial charge in [-0.05, 0) is 25.5 Å². The minimum Gasteiger partial charge on any atom is -0.440 e. The predicted octanol–water partition coefficient (Wildman–Crippen LogP) is 3.27. The Bertz CT molecular complexity index is 741. The van der Waals surface area contributed by atoms with Crippen LogP contribution in [0.25, 0.3) is 0 Å². The summed E-state index contributed by atoms with van der Waals surface area (Å²) < 4.78 is 44.6. The number of carbonyl (C=O) groups is 2. The lowest BCUT2D eigenvalue weighted by atomic mass is 9.76. The zero-order valence-electron chi connectivity index (χ0n) is 15.2. The summed E-state index contributed by atoms with van der Waals surface area (Å²) in [4.78, 5) is 25.5. The first-order valence-corrected chi connectivity index (χ1v) is 8.73. The van der Waals surface area contributed by atoms with Crippen LogP contribution in [0.2, 0.25) is 0 Å². The number of nitrogens with zero attached hydrogens (tertiary/aromatic N) is 1. The normalized spacial score (nSPS) is 20.9. The van der Waals surface area contributed by atoms with Gasteiger partial charge in [-0.15, -0.1) is 0 Å². The van der Waals surface area contributed by atoms with Crippen LogP contribution in [0.15, 0.2) is 24.3 Å². The molecule has 3 rings (SSSR count). The number of hydrogen-bond donors (Lipinski definition) is 2. The van der Waals surface area contributed by atoms with Crippen molar-refractivity contribution in [2.75, 3.05) is 13.1 Å². The van der Waals surface area contributed by atoms with E-state index in [1.807, 2.05) is 13.8 Å². The second kappa shape index (κ2) is 6.61. The molecule has 0 unspecified atom stereocenters. The average Bonchev–Trinajstić information content (AvgIpc) is 2.80. The Labute approximate surface area is 155 Å². The van der Waals surface area contributed by atoms with E-state index in [1.54, 1.807) is 0 Å². The van der Waals surface area contributed by atoms with E-state index in [1.165, 1.54) is 23.1 Å². The van der Waals surface area contributed by atoms with Crippen LogP contribution >= 0.6 is 0 Å². The van der Waals surface area contributed by atoms with E-state index in [0.29, 0.717) is 25.9 Å². The summed E-state index contributed by atoms with van der Waals surface area (Å²) in [7, 11) is 0. The zero-order valence-corrected chi connectivity index (χ0v) is 15.2. The molecule has 2 heterocycles. The first-order chi connectivity index (χ1) is 12.5. The molecule has 0 radical (unpaired) electrons. The van der Waals surface area contributed by atoms with Gasteiger partial charge in [0.05, 0.1) is 11.1 Å². The quantitative estimate of drug-likeness (QED) is 0.821. The summed E-state index contributed by atoms with van der Waals surface area (Å²) in [5.41, 5.74) is -1.96. The number of benzene rings is 1. The second-order valence-electron chi connectivity index (χ2n) is 7.43. The van der Waals surface area contributed by atoms with Gasteiger partial charge < -0.3 is 20.3 Å². The number of nitrogens with one attached hydrogen (secondary N) is 2. The first-order valence-electron chi connectivity index (χ1n) is 8.73. The van der Waals surface area contributed by atoms with E-state index in [4.69, 9.17) is 4.74 Å². The van der Waals surface area contributed by atoms with Gasteiger partial charge in [0, 0.05) is 32.5 Å². The molecule has 2 aliphatic rings. The van der Waals surface area contributed by atoms with Gasteiger partial charge in [0.2, 0.25) is 0 Å². The van der Waals surface area contributed by atoms with Crippen LogP contribution in [-0.4, -0.2) is 41.3 Å². The van der Waals surface area contributed by atoms with Crippen molar-refractivity contribution in [1.29, 1.82) is 0 Å². The van der Waals surface area contributed by atoms with Crippen molar-refractivity contribution in [2.24, 2.45) is 0 Å². The molecule has 1 aromatic carbocycles. The lowest BCUT2D eigenvalue weighted by Crippen LogP contribution is -2.59. The summed E-state index contributed by atoms with van der Waals surface area (Å²) in [6, 6.07) is 4.73. The van der Waals surface area contributed by atoms with Crippen molar-refractivity contribution in [2.45, 2.75) is 50.6 Å². The van der Waals surface area contributed by atoms with Gasteiger partial charge in [-0.1, -0.05) is 18.2 Å². The third-order valence-electron chi connectivity index (χ3n) is 5.45. The highest BCUT2D eigenvalue weighted by molar-refractivity contribution is 5.75. The van der Waals surface area contributed by atoms with Gasteiger partial charge >= 0.3 is 18.3 Å². The minimum atomic E-state index is -4.47. The molecule has 0 atom stereocenters. The first kappa shape index (κ1) is 19.3. The van der Waals surface area contributed by atoms with Crippen LogP contribution in [0.5, 0.6) is 0 Å². The highest BCUT2D eigenvalue weighted by Gasteiger charge is 2.56. The molecule has 1 aromatic rings. The molecule has 0 bridgehead atoms. The molecule has 148 valence electrons. The maximum atomic E-state index is 13.0. The fourth-order valence-corrected chi connectivity index (χ4v) is 3.73. The van der Waals surface area contributed by atoms with Gasteiger partial charge in [0.1, 0.15) is 5.60 Å². The van der Waals surface area contributed by atoms with Crippen LogP contribution in [0, 0.1) is 0 Å². The molecule has 9 heteroatoms. The molecule has 1 spiro atoms. The van der Waals surface area contributed by atoms with E-state index in [0.717, 1.165) is 6.07 Å². The van der Waals surface area contributed by atoms with E-state index < -0.39 is 35.0 Å². The van der Waals surface area contributed by atoms with Gasteiger partial charge in [0.15, 0.2) is 0 Å². The molecular weight excluding hydrogens is 363 g/mol. The number of carbonyl (C=O) groups excluding carboxylic acids is 2. The number of halogens is 3. The Kier molecular flexibility index (Phi) is 4.73. The zero-order chi connectivity index (χ0) is 19.9. The molecule has 3 amide bonds. The molecule has 2 N–H and O–H groups in total. The Morgan fingerprint density at radius 1 is 1.26 bits per heavy atom. The highest BCUT2D eigenvalue weighted by Crippen LogP contribution is 2.40. The molecular formula is C18H22F3N3O3. The second-order valence-corrected chi connectivity index (χ2v) is 7.43. The van der Waals surface area contributed by atoms with Crippen molar-refractivity contribution in [1.82, 2.24) is 15.5 Å². The van der Waals surface area contributed by atoms with Gasteiger partial charge in [0.25, 0.3) is 0 Å². The maximum Gasteiger partial charge on any atom is 0.416 e. The topological polar surface area (TPSA) is 70.7 Å². The molecule has 2 fully saturated rings. The van der Waals surface area contributed by atoms with Crippen LogP contribution in [0.1, 0.15) is 37.8 Å². The third-order valence-corrected chi connectivity index (χ3v) is 5.45. The average molecular weight is 385 g/mol. The summed E-state index contributed by atoms with van der Waals surface area (Å²) in [5.74, 6) is 0. The van der Waals surface area contributed by atoms with Gasteiger partial charge in [-0.3, -0.25) is 0 Å². The maximum absolute atomic E-state index is 13.0. The van der Waals surface area contributed by atoms with E-state index >= 15 is 0 Å². The molecule has 0 saturated carbocycles. The fraction of sp³-hybridized carbons (Fsp3) is 0.556. The van der Waals surface area contributed by atoms with Gasteiger partial charge in [-0.2, -0.15) is 13.2 Å². The lowest BCUT2D eigenvalue weighted by molar-refractivity contribution is -0.138. The molecule has 27 heavy (non-hydrogen) atoms. The largest absolute Gasteiger partial charge is 0.440 e. The Morgan fingerprint density at radius 3 is 2.44 bits per heavy atom. The Hall–Kier alpha value is -2.45.